The molecule has 13 nitrogen and oxygen atoms in total. The SMILES string of the molecule is CC1(C)S[C@@H]2[C@H](NC(=O)Cc3ccc(O)c(NC(=O)N4CC5C(c6ccccc6Cl)NN5C4=O)c3)C(=O)N2[C@H]1C(=O)O. The normalized spacial score (nSPS) is 27.1. The maximum atomic E-state index is 13.0. The molecule has 15 heteroatoms. The van der Waals surface area contributed by atoms with Crippen molar-refractivity contribution in [2.24, 2.45) is 0 Å². The molecular weight excluding hydrogens is 588 g/mol. The van der Waals surface area contributed by atoms with E-state index in [2.05, 4.69) is 16.1 Å². The smallest absolute Gasteiger partial charge is 0.342 e. The van der Waals surface area contributed by atoms with E-state index in [0.29, 0.717) is 10.6 Å². The fourth-order valence-electron chi connectivity index (χ4n) is 5.88. The molecule has 0 aliphatic carbocycles. The lowest BCUT2D eigenvalue weighted by Gasteiger charge is -2.43. The number of nitrogens with zero attached hydrogens (tertiary/aromatic N) is 3. The summed E-state index contributed by atoms with van der Waals surface area (Å²) < 4.78 is -0.714. The molecule has 0 saturated carbocycles. The highest BCUT2D eigenvalue weighted by Gasteiger charge is 2.64. The Morgan fingerprint density at radius 2 is 1.90 bits per heavy atom. The van der Waals surface area contributed by atoms with E-state index in [9.17, 15) is 34.2 Å². The third kappa shape index (κ3) is 4.50. The summed E-state index contributed by atoms with van der Waals surface area (Å²) >= 11 is 7.62. The van der Waals surface area contributed by atoms with Crippen LogP contribution >= 0.6 is 23.4 Å². The van der Waals surface area contributed by atoms with E-state index in [0.717, 1.165) is 10.5 Å². The zero-order valence-electron chi connectivity index (χ0n) is 22.4. The lowest BCUT2D eigenvalue weighted by atomic mass is 9.96. The molecule has 6 amide bonds. The number of aliphatic carboxylic acids is 1. The van der Waals surface area contributed by atoms with Gasteiger partial charge in [-0.2, -0.15) is 0 Å². The van der Waals surface area contributed by atoms with E-state index >= 15 is 0 Å². The Morgan fingerprint density at radius 1 is 1.17 bits per heavy atom. The van der Waals surface area contributed by atoms with E-state index in [1.807, 2.05) is 12.1 Å². The van der Waals surface area contributed by atoms with E-state index in [1.165, 1.54) is 39.9 Å². The third-order valence-electron chi connectivity index (χ3n) is 7.95. The highest BCUT2D eigenvalue weighted by Crippen LogP contribution is 2.50. The van der Waals surface area contributed by atoms with Crippen LogP contribution in [0.3, 0.4) is 0 Å². The summed E-state index contributed by atoms with van der Waals surface area (Å²) in [5.74, 6) is -2.29. The van der Waals surface area contributed by atoms with Crippen LogP contribution in [0.5, 0.6) is 5.75 Å². The summed E-state index contributed by atoms with van der Waals surface area (Å²) in [6.45, 7) is 3.60. The van der Waals surface area contributed by atoms with Gasteiger partial charge in [0.25, 0.3) is 0 Å². The minimum atomic E-state index is -1.09. The Balaban J connectivity index is 1.08. The molecule has 4 fully saturated rings. The number of aromatic hydroxyl groups is 1. The number of benzene rings is 2. The van der Waals surface area contributed by atoms with Crippen LogP contribution in [0.4, 0.5) is 15.3 Å². The number of carboxylic acid groups (broad SMARTS) is 1. The number of fused-ring (bicyclic) bond motifs is 2. The summed E-state index contributed by atoms with van der Waals surface area (Å²) in [6, 6.07) is 7.78. The van der Waals surface area contributed by atoms with Crippen molar-refractivity contribution in [2.45, 2.75) is 54.6 Å². The average Bonchev–Trinajstić information content (AvgIpc) is 3.32. The van der Waals surface area contributed by atoms with E-state index in [1.54, 1.807) is 26.0 Å². The molecule has 0 radical (unpaired) electrons. The van der Waals surface area contributed by atoms with Crippen molar-refractivity contribution in [3.63, 3.8) is 0 Å². The minimum absolute atomic E-state index is 0.00579. The Hall–Kier alpha value is -4.01. The molecule has 5 N–H and O–H groups in total. The number of amides is 6. The van der Waals surface area contributed by atoms with E-state index in [4.69, 9.17) is 11.6 Å². The first kappa shape index (κ1) is 28.1. The fraction of sp³-hybridized carbons (Fsp3) is 0.370. The number of hydrogen-bond donors (Lipinski definition) is 5. The summed E-state index contributed by atoms with van der Waals surface area (Å²) in [5.41, 5.74) is 4.27. The van der Waals surface area contributed by atoms with Gasteiger partial charge in [0.05, 0.1) is 30.7 Å². The average molecular weight is 615 g/mol. The zero-order chi connectivity index (χ0) is 30.1. The number of carbonyl (C=O) groups excluding carboxylic acids is 4. The van der Waals surface area contributed by atoms with Gasteiger partial charge in [0, 0.05) is 9.77 Å². The first-order valence-electron chi connectivity index (χ1n) is 13.1. The molecule has 5 atom stereocenters. The number of hydrazine groups is 1. The van der Waals surface area contributed by atoms with Crippen molar-refractivity contribution in [3.8, 4) is 5.75 Å². The maximum Gasteiger partial charge on any atom is 0.342 e. The monoisotopic (exact) mass is 614 g/mol. The molecule has 2 aromatic carbocycles. The number of rotatable bonds is 6. The van der Waals surface area contributed by atoms with Crippen molar-refractivity contribution in [2.75, 3.05) is 11.9 Å². The Labute approximate surface area is 249 Å². The minimum Gasteiger partial charge on any atom is -0.506 e. The second-order valence-electron chi connectivity index (χ2n) is 11.1. The van der Waals surface area contributed by atoms with Gasteiger partial charge in [-0.15, -0.1) is 11.8 Å². The molecule has 0 bridgehead atoms. The highest BCUT2D eigenvalue weighted by atomic mass is 35.5. The molecule has 2 aromatic rings. The van der Waals surface area contributed by atoms with Crippen LogP contribution in [-0.4, -0.2) is 89.7 Å². The van der Waals surface area contributed by atoms with Crippen molar-refractivity contribution < 1.29 is 34.2 Å². The number of nitrogens with one attached hydrogen (secondary N) is 3. The Kier molecular flexibility index (Phi) is 6.74. The summed E-state index contributed by atoms with van der Waals surface area (Å²) in [5, 5.41) is 26.6. The molecule has 4 aliphatic rings. The molecule has 0 aromatic heterocycles. The summed E-state index contributed by atoms with van der Waals surface area (Å²) in [6.07, 6.45) is -0.169. The van der Waals surface area contributed by atoms with Gasteiger partial charge >= 0.3 is 18.0 Å². The number of thioether (sulfide) groups is 1. The van der Waals surface area contributed by atoms with Gasteiger partial charge in [-0.25, -0.2) is 24.7 Å². The molecule has 4 heterocycles. The van der Waals surface area contributed by atoms with Gasteiger partial charge in [0.1, 0.15) is 23.2 Å². The van der Waals surface area contributed by atoms with E-state index in [-0.39, 0.29) is 36.5 Å². The number of phenols is 1. The standard InChI is InChI=1S/C27H27ClN6O7S/c1-27(2)21(24(38)39)33-22(37)20(23(33)42-27)30-18(36)10-12-7-8-17(35)15(9-12)29-25(40)32-11-16-19(31-34(16)26(32)41)13-5-3-4-6-14(13)28/h3-9,16,19-21,23,31,35H,10-11H2,1-2H3,(H,29,40)(H,30,36)(H,38,39)/t16?,19?,20-,21+,23-/m1/s1. The van der Waals surface area contributed by atoms with Crippen molar-refractivity contribution in [1.29, 1.82) is 0 Å². The van der Waals surface area contributed by atoms with Crippen LogP contribution in [0.25, 0.3) is 0 Å². The Morgan fingerprint density at radius 3 is 2.62 bits per heavy atom. The molecule has 4 saturated heterocycles. The number of anilines is 1. The number of halogens is 1. The molecule has 220 valence electrons. The molecule has 4 aliphatic heterocycles. The number of hydrogen-bond acceptors (Lipinski definition) is 8. The van der Waals surface area contributed by atoms with E-state index < -0.39 is 52.1 Å². The molecular formula is C27H27ClN6O7S. The number of β-lactam (4-membered cyclic amide) rings is 1. The topological polar surface area (TPSA) is 172 Å². The second kappa shape index (κ2) is 10.1. The van der Waals surface area contributed by atoms with Gasteiger partial charge < -0.3 is 25.7 Å². The highest BCUT2D eigenvalue weighted by molar-refractivity contribution is 8.01. The number of urea groups is 2. The van der Waals surface area contributed by atoms with Crippen LogP contribution in [0.1, 0.15) is 31.0 Å². The van der Waals surface area contributed by atoms with Gasteiger partial charge in [-0.1, -0.05) is 35.9 Å². The largest absolute Gasteiger partial charge is 0.506 e. The van der Waals surface area contributed by atoms with Crippen LogP contribution in [0.15, 0.2) is 42.5 Å². The maximum absolute atomic E-state index is 13.0. The van der Waals surface area contributed by atoms with Gasteiger partial charge in [-0.3, -0.25) is 14.6 Å². The molecule has 6 rings (SSSR count). The van der Waals surface area contributed by atoms with Crippen LogP contribution in [0.2, 0.25) is 5.02 Å². The van der Waals surface area contributed by atoms with Crippen molar-refractivity contribution in [1.82, 2.24) is 25.6 Å². The Bertz CT molecular complexity index is 1540. The quantitative estimate of drug-likeness (QED) is 0.241. The predicted octanol–water partition coefficient (Wildman–Crippen LogP) is 2.12. The first-order valence-corrected chi connectivity index (χ1v) is 14.4. The summed E-state index contributed by atoms with van der Waals surface area (Å²) in [7, 11) is 0. The van der Waals surface area contributed by atoms with Crippen molar-refractivity contribution >= 4 is 58.9 Å². The number of carbonyl (C=O) groups is 5. The molecule has 42 heavy (non-hydrogen) atoms. The van der Waals surface area contributed by atoms with Crippen LogP contribution < -0.4 is 16.1 Å². The summed E-state index contributed by atoms with van der Waals surface area (Å²) in [4.78, 5) is 65.4. The van der Waals surface area contributed by atoms with Gasteiger partial charge in [0.2, 0.25) is 11.8 Å². The van der Waals surface area contributed by atoms with Crippen LogP contribution in [-0.2, 0) is 20.8 Å². The second-order valence-corrected chi connectivity index (χ2v) is 13.2. The van der Waals surface area contributed by atoms with Crippen molar-refractivity contribution in [3.05, 3.63) is 58.6 Å². The fourth-order valence-corrected chi connectivity index (χ4v) is 7.76. The van der Waals surface area contributed by atoms with Gasteiger partial charge in [-0.05, 0) is 43.2 Å². The lowest BCUT2D eigenvalue weighted by molar-refractivity contribution is -0.161. The number of carboxylic acids is 1. The molecule has 2 unspecified atom stereocenters. The number of imide groups is 1. The third-order valence-corrected chi connectivity index (χ3v) is 9.86. The first-order chi connectivity index (χ1) is 19.9. The van der Waals surface area contributed by atoms with Gasteiger partial charge in [0.15, 0.2) is 0 Å². The predicted molar refractivity (Wildman–Crippen MR) is 152 cm³/mol. The lowest BCUT2D eigenvalue weighted by Crippen LogP contribution is -2.70. The zero-order valence-corrected chi connectivity index (χ0v) is 24.0. The number of phenolic OH excluding ortho intramolecular Hbond substituents is 1. The molecule has 0 spiro atoms. The van der Waals surface area contributed by atoms with Crippen LogP contribution in [0, 0.1) is 0 Å².